The summed E-state index contributed by atoms with van der Waals surface area (Å²) in [6.07, 6.45) is 6.62. The molecule has 4 rings (SSSR count). The number of rotatable bonds is 3. The van der Waals surface area contributed by atoms with Crippen LogP contribution in [0.3, 0.4) is 0 Å². The summed E-state index contributed by atoms with van der Waals surface area (Å²) in [6, 6.07) is 5.75. The number of halogens is 1. The third kappa shape index (κ3) is 2.69. The van der Waals surface area contributed by atoms with Crippen molar-refractivity contribution >= 4 is 33.6 Å². The van der Waals surface area contributed by atoms with E-state index in [4.69, 9.17) is 0 Å². The van der Waals surface area contributed by atoms with Gasteiger partial charge in [0.25, 0.3) is 5.91 Å². The molecule has 1 fully saturated rings. The zero-order valence-corrected chi connectivity index (χ0v) is 14.4. The van der Waals surface area contributed by atoms with E-state index in [1.807, 2.05) is 18.2 Å². The lowest BCUT2D eigenvalue weighted by molar-refractivity contribution is -0.117. The van der Waals surface area contributed by atoms with Gasteiger partial charge in [0, 0.05) is 34.4 Å². The Bertz CT molecular complexity index is 821. The van der Waals surface area contributed by atoms with Gasteiger partial charge in [0.1, 0.15) is 6.54 Å². The number of amides is 2. The van der Waals surface area contributed by atoms with Gasteiger partial charge in [-0.3, -0.25) is 14.6 Å². The number of benzene rings is 1. The predicted molar refractivity (Wildman–Crippen MR) is 91.6 cm³/mol. The maximum atomic E-state index is 12.7. The first-order chi connectivity index (χ1) is 11.6. The fourth-order valence-electron chi connectivity index (χ4n) is 3.26. The van der Waals surface area contributed by atoms with Gasteiger partial charge in [-0.1, -0.05) is 15.9 Å². The van der Waals surface area contributed by atoms with Crippen molar-refractivity contribution in [3.63, 3.8) is 0 Å². The molecule has 1 saturated carbocycles. The molecule has 2 heterocycles. The number of hydrogen-bond donors (Lipinski definition) is 1. The molecule has 2 aliphatic rings. The summed E-state index contributed by atoms with van der Waals surface area (Å²) in [6.45, 7) is 0.607. The van der Waals surface area contributed by atoms with Crippen molar-refractivity contribution in [2.24, 2.45) is 0 Å². The van der Waals surface area contributed by atoms with Crippen LogP contribution in [0.25, 0.3) is 0 Å². The SMILES string of the molecule is O=C(CN1CC2(CC2)c2cc(Br)ccc2C1=O)Nc1cnccn1. The first kappa shape index (κ1) is 15.3. The number of carbonyl (C=O) groups is 2. The van der Waals surface area contributed by atoms with Crippen LogP contribution in [-0.2, 0) is 10.2 Å². The third-order valence-electron chi connectivity index (χ3n) is 4.58. The molecule has 2 aromatic rings. The molecule has 6 nitrogen and oxygen atoms in total. The predicted octanol–water partition coefficient (Wildman–Crippen LogP) is 2.37. The summed E-state index contributed by atoms with van der Waals surface area (Å²) in [4.78, 5) is 34.5. The molecule has 2 amide bonds. The molecule has 0 bridgehead atoms. The van der Waals surface area contributed by atoms with Crippen molar-refractivity contribution in [3.8, 4) is 0 Å². The minimum Gasteiger partial charge on any atom is -0.328 e. The molecule has 122 valence electrons. The molecule has 0 atom stereocenters. The number of anilines is 1. The Labute approximate surface area is 147 Å². The van der Waals surface area contributed by atoms with E-state index < -0.39 is 0 Å². The summed E-state index contributed by atoms with van der Waals surface area (Å²) < 4.78 is 0.981. The molecule has 0 radical (unpaired) electrons. The van der Waals surface area contributed by atoms with E-state index in [1.165, 1.54) is 18.6 Å². The van der Waals surface area contributed by atoms with Crippen LogP contribution in [0.5, 0.6) is 0 Å². The van der Waals surface area contributed by atoms with Crippen LogP contribution in [0, 0.1) is 0 Å². The number of carbonyl (C=O) groups excluding carboxylic acids is 2. The van der Waals surface area contributed by atoms with Gasteiger partial charge in [-0.2, -0.15) is 0 Å². The molecule has 24 heavy (non-hydrogen) atoms. The van der Waals surface area contributed by atoms with E-state index in [9.17, 15) is 9.59 Å². The number of aromatic nitrogens is 2. The standard InChI is InChI=1S/C17H15BrN4O2/c18-11-1-2-12-13(7-11)17(3-4-17)10-22(16(12)24)9-15(23)21-14-8-19-5-6-20-14/h1-2,5-8H,3-4,9-10H2,(H,20,21,23). The number of nitrogens with one attached hydrogen (secondary N) is 1. The smallest absolute Gasteiger partial charge is 0.254 e. The highest BCUT2D eigenvalue weighted by atomic mass is 79.9. The van der Waals surface area contributed by atoms with Crippen LogP contribution in [0.15, 0.2) is 41.3 Å². The van der Waals surface area contributed by atoms with Crippen LogP contribution < -0.4 is 5.32 Å². The number of fused-ring (bicyclic) bond motifs is 2. The van der Waals surface area contributed by atoms with Crippen molar-refractivity contribution < 1.29 is 9.59 Å². The average Bonchev–Trinajstić information content (AvgIpc) is 3.34. The molecule has 0 unspecified atom stereocenters. The van der Waals surface area contributed by atoms with Crippen molar-refractivity contribution in [1.82, 2.24) is 14.9 Å². The monoisotopic (exact) mass is 386 g/mol. The molecule has 1 aromatic carbocycles. The lowest BCUT2D eigenvalue weighted by atomic mass is 9.86. The molecule has 7 heteroatoms. The van der Waals surface area contributed by atoms with Crippen LogP contribution >= 0.6 is 15.9 Å². The summed E-state index contributed by atoms with van der Waals surface area (Å²) in [7, 11) is 0. The van der Waals surface area contributed by atoms with Crippen LogP contribution in [0.2, 0.25) is 0 Å². The highest BCUT2D eigenvalue weighted by Crippen LogP contribution is 2.52. The third-order valence-corrected chi connectivity index (χ3v) is 5.08. The minimum atomic E-state index is -0.264. The maximum Gasteiger partial charge on any atom is 0.254 e. The topological polar surface area (TPSA) is 75.2 Å². The summed E-state index contributed by atoms with van der Waals surface area (Å²) in [5.41, 5.74) is 1.82. The van der Waals surface area contributed by atoms with Gasteiger partial charge in [0.2, 0.25) is 5.91 Å². The normalized spacial score (nSPS) is 17.5. The second kappa shape index (κ2) is 5.66. The van der Waals surface area contributed by atoms with Gasteiger partial charge < -0.3 is 10.2 Å². The second-order valence-corrected chi connectivity index (χ2v) is 7.19. The zero-order chi connectivity index (χ0) is 16.7. The van der Waals surface area contributed by atoms with E-state index >= 15 is 0 Å². The molecule has 0 saturated heterocycles. The van der Waals surface area contributed by atoms with Gasteiger partial charge >= 0.3 is 0 Å². The summed E-state index contributed by atoms with van der Waals surface area (Å²) in [5, 5.41) is 2.68. The van der Waals surface area contributed by atoms with E-state index in [0.29, 0.717) is 17.9 Å². The lowest BCUT2D eigenvalue weighted by Crippen LogP contribution is -2.46. The zero-order valence-electron chi connectivity index (χ0n) is 12.8. The molecule has 1 spiro atoms. The fraction of sp³-hybridized carbons (Fsp3) is 0.294. The highest BCUT2D eigenvalue weighted by Gasteiger charge is 2.51. The highest BCUT2D eigenvalue weighted by molar-refractivity contribution is 9.10. The maximum absolute atomic E-state index is 12.7. The number of nitrogens with zero attached hydrogens (tertiary/aromatic N) is 3. The van der Waals surface area contributed by atoms with Crippen molar-refractivity contribution in [1.29, 1.82) is 0 Å². The first-order valence-corrected chi connectivity index (χ1v) is 8.52. The Kier molecular flexibility index (Phi) is 3.60. The van der Waals surface area contributed by atoms with E-state index in [0.717, 1.165) is 22.9 Å². The molecule has 1 aromatic heterocycles. The number of hydrogen-bond acceptors (Lipinski definition) is 4. The molecule has 1 aliphatic heterocycles. The molecule has 1 N–H and O–H groups in total. The van der Waals surface area contributed by atoms with Gasteiger partial charge in [0.15, 0.2) is 5.82 Å². The Morgan fingerprint density at radius 1 is 1.33 bits per heavy atom. The van der Waals surface area contributed by atoms with Crippen molar-refractivity contribution in [2.45, 2.75) is 18.3 Å². The van der Waals surface area contributed by atoms with Crippen molar-refractivity contribution in [3.05, 3.63) is 52.4 Å². The van der Waals surface area contributed by atoms with Crippen LogP contribution in [-0.4, -0.2) is 39.8 Å². The average molecular weight is 387 g/mol. The quantitative estimate of drug-likeness (QED) is 0.878. The molecular formula is C17H15BrN4O2. The minimum absolute atomic E-state index is 0.0137. The Morgan fingerprint density at radius 2 is 2.17 bits per heavy atom. The second-order valence-electron chi connectivity index (χ2n) is 6.27. The van der Waals surface area contributed by atoms with E-state index in [2.05, 4.69) is 31.2 Å². The van der Waals surface area contributed by atoms with Gasteiger partial charge in [-0.05, 0) is 36.6 Å². The summed E-state index contributed by atoms with van der Waals surface area (Å²) in [5.74, 6) is 0.0296. The largest absolute Gasteiger partial charge is 0.328 e. The Balaban J connectivity index is 1.54. The van der Waals surface area contributed by atoms with Crippen LogP contribution in [0.1, 0.15) is 28.8 Å². The van der Waals surface area contributed by atoms with Crippen LogP contribution in [0.4, 0.5) is 5.82 Å². The van der Waals surface area contributed by atoms with Gasteiger partial charge in [-0.15, -0.1) is 0 Å². The Hall–Kier alpha value is -2.28. The van der Waals surface area contributed by atoms with Gasteiger partial charge in [0.05, 0.1) is 6.20 Å². The first-order valence-electron chi connectivity index (χ1n) is 7.73. The van der Waals surface area contributed by atoms with Gasteiger partial charge in [-0.25, -0.2) is 4.98 Å². The molecular weight excluding hydrogens is 372 g/mol. The fourth-order valence-corrected chi connectivity index (χ4v) is 3.62. The summed E-state index contributed by atoms with van der Waals surface area (Å²) >= 11 is 3.48. The molecule has 1 aliphatic carbocycles. The van der Waals surface area contributed by atoms with E-state index in [-0.39, 0.29) is 23.8 Å². The van der Waals surface area contributed by atoms with E-state index in [1.54, 1.807) is 4.90 Å². The van der Waals surface area contributed by atoms with Crippen molar-refractivity contribution in [2.75, 3.05) is 18.4 Å². The lowest BCUT2D eigenvalue weighted by Gasteiger charge is -2.34. The Morgan fingerprint density at radius 3 is 2.88 bits per heavy atom.